The SMILES string of the molecule is Cc1ccc(-c2cc(C(=O)NCc3cnc(C)cn3)cc(-c3n[nH]c(C(C)C)n3)c2)nc1. The van der Waals surface area contributed by atoms with Crippen molar-refractivity contribution in [1.29, 1.82) is 0 Å². The minimum atomic E-state index is -0.220. The van der Waals surface area contributed by atoms with Gasteiger partial charge in [-0.2, -0.15) is 5.10 Å². The number of nitrogens with one attached hydrogen (secondary N) is 2. The quantitative estimate of drug-likeness (QED) is 0.481. The van der Waals surface area contributed by atoms with Crippen LogP contribution in [0.25, 0.3) is 22.6 Å². The maximum Gasteiger partial charge on any atom is 0.251 e. The number of rotatable bonds is 6. The summed E-state index contributed by atoms with van der Waals surface area (Å²) in [6, 6.07) is 9.51. The van der Waals surface area contributed by atoms with Crippen molar-refractivity contribution in [2.45, 2.75) is 40.2 Å². The van der Waals surface area contributed by atoms with Crippen molar-refractivity contribution in [3.63, 3.8) is 0 Å². The highest BCUT2D eigenvalue weighted by Crippen LogP contribution is 2.26. The van der Waals surface area contributed by atoms with Gasteiger partial charge in [0.1, 0.15) is 5.82 Å². The van der Waals surface area contributed by atoms with Crippen molar-refractivity contribution in [1.82, 2.24) is 35.5 Å². The molecule has 4 aromatic rings. The van der Waals surface area contributed by atoms with E-state index in [4.69, 9.17) is 0 Å². The molecule has 3 heterocycles. The molecule has 0 bridgehead atoms. The van der Waals surface area contributed by atoms with Gasteiger partial charge in [-0.25, -0.2) is 4.98 Å². The molecule has 0 saturated carbocycles. The zero-order valence-corrected chi connectivity index (χ0v) is 18.5. The van der Waals surface area contributed by atoms with Gasteiger partial charge in [-0.1, -0.05) is 19.9 Å². The van der Waals surface area contributed by atoms with Crippen LogP contribution in [-0.2, 0) is 6.54 Å². The fourth-order valence-corrected chi connectivity index (χ4v) is 3.12. The summed E-state index contributed by atoms with van der Waals surface area (Å²) in [5.74, 6) is 1.34. The lowest BCUT2D eigenvalue weighted by Crippen LogP contribution is -2.23. The summed E-state index contributed by atoms with van der Waals surface area (Å²) in [4.78, 5) is 30.6. The number of hydrogen-bond acceptors (Lipinski definition) is 6. The minimum absolute atomic E-state index is 0.219. The smallest absolute Gasteiger partial charge is 0.251 e. The van der Waals surface area contributed by atoms with E-state index in [0.717, 1.165) is 33.9 Å². The number of aryl methyl sites for hydroxylation is 2. The first-order valence-electron chi connectivity index (χ1n) is 10.5. The van der Waals surface area contributed by atoms with Gasteiger partial charge in [-0.15, -0.1) is 0 Å². The third-order valence-electron chi connectivity index (χ3n) is 4.97. The molecule has 0 unspecified atom stereocenters. The van der Waals surface area contributed by atoms with Crippen molar-refractivity contribution in [2.24, 2.45) is 0 Å². The van der Waals surface area contributed by atoms with Gasteiger partial charge < -0.3 is 5.32 Å². The summed E-state index contributed by atoms with van der Waals surface area (Å²) in [6.45, 7) is 8.23. The molecule has 0 atom stereocenters. The van der Waals surface area contributed by atoms with Crippen molar-refractivity contribution < 1.29 is 4.79 Å². The maximum atomic E-state index is 13.0. The average molecular weight is 428 g/mol. The molecule has 0 spiro atoms. The van der Waals surface area contributed by atoms with Crippen LogP contribution in [0.3, 0.4) is 0 Å². The zero-order chi connectivity index (χ0) is 22.7. The lowest BCUT2D eigenvalue weighted by atomic mass is 10.0. The van der Waals surface area contributed by atoms with Crippen molar-refractivity contribution in [3.05, 3.63) is 77.3 Å². The van der Waals surface area contributed by atoms with E-state index in [9.17, 15) is 4.79 Å². The fourth-order valence-electron chi connectivity index (χ4n) is 3.12. The molecule has 0 aliphatic carbocycles. The summed E-state index contributed by atoms with van der Waals surface area (Å²) in [6.07, 6.45) is 5.15. The number of aromatic amines is 1. The first-order chi connectivity index (χ1) is 15.4. The van der Waals surface area contributed by atoms with E-state index in [0.29, 0.717) is 17.1 Å². The molecule has 0 saturated heterocycles. The van der Waals surface area contributed by atoms with Crippen LogP contribution < -0.4 is 5.32 Å². The molecule has 8 nitrogen and oxygen atoms in total. The number of carbonyl (C=O) groups is 1. The molecule has 0 aliphatic heterocycles. The molecule has 0 radical (unpaired) electrons. The Morgan fingerprint density at radius 1 is 1.00 bits per heavy atom. The second kappa shape index (κ2) is 9.05. The molecule has 1 aromatic carbocycles. The molecule has 2 N–H and O–H groups in total. The molecule has 162 valence electrons. The molecule has 1 amide bonds. The highest BCUT2D eigenvalue weighted by atomic mass is 16.1. The van der Waals surface area contributed by atoms with Gasteiger partial charge in [0.25, 0.3) is 5.91 Å². The standard InChI is InChI=1S/C24H25N7O/c1-14(2)22-29-23(31-30-22)18-7-17(21-6-5-15(3)10-27-21)8-19(9-18)24(32)28-13-20-12-25-16(4)11-26-20/h5-12,14H,13H2,1-4H3,(H,28,32)(H,29,30,31). The topological polar surface area (TPSA) is 109 Å². The van der Waals surface area contributed by atoms with E-state index in [1.165, 1.54) is 0 Å². The number of nitrogens with zero attached hydrogens (tertiary/aromatic N) is 5. The van der Waals surface area contributed by atoms with E-state index in [2.05, 4.69) is 35.5 Å². The van der Waals surface area contributed by atoms with Crippen LogP contribution in [-0.4, -0.2) is 36.0 Å². The Kier molecular flexibility index (Phi) is 6.02. The Labute approximate surface area is 186 Å². The van der Waals surface area contributed by atoms with Crippen molar-refractivity contribution >= 4 is 5.91 Å². The largest absolute Gasteiger partial charge is 0.346 e. The van der Waals surface area contributed by atoms with Gasteiger partial charge in [0.15, 0.2) is 5.82 Å². The Morgan fingerprint density at radius 3 is 2.47 bits per heavy atom. The van der Waals surface area contributed by atoms with Gasteiger partial charge in [0, 0.05) is 35.0 Å². The number of carbonyl (C=O) groups excluding carboxylic acids is 1. The Hall–Kier alpha value is -3.94. The van der Waals surface area contributed by atoms with Crippen LogP contribution in [0.1, 0.15) is 52.9 Å². The van der Waals surface area contributed by atoms with Gasteiger partial charge >= 0.3 is 0 Å². The summed E-state index contributed by atoms with van der Waals surface area (Å²) in [7, 11) is 0. The number of pyridine rings is 1. The van der Waals surface area contributed by atoms with Crippen LogP contribution >= 0.6 is 0 Å². The Morgan fingerprint density at radius 2 is 1.81 bits per heavy atom. The molecule has 0 aliphatic rings. The first kappa shape index (κ1) is 21.3. The Balaban J connectivity index is 1.68. The summed E-state index contributed by atoms with van der Waals surface area (Å²) >= 11 is 0. The maximum absolute atomic E-state index is 13.0. The monoisotopic (exact) mass is 427 g/mol. The van der Waals surface area contributed by atoms with Crippen LogP contribution in [0.2, 0.25) is 0 Å². The summed E-state index contributed by atoms with van der Waals surface area (Å²) in [5.41, 5.74) is 5.42. The molecule has 32 heavy (non-hydrogen) atoms. The predicted octanol–water partition coefficient (Wildman–Crippen LogP) is 3.99. The highest BCUT2D eigenvalue weighted by Gasteiger charge is 2.15. The van der Waals surface area contributed by atoms with E-state index < -0.39 is 0 Å². The molecular formula is C24H25N7O. The normalized spacial score (nSPS) is 11.0. The predicted molar refractivity (Wildman–Crippen MR) is 122 cm³/mol. The third-order valence-corrected chi connectivity index (χ3v) is 4.97. The van der Waals surface area contributed by atoms with E-state index in [-0.39, 0.29) is 18.4 Å². The number of aromatic nitrogens is 6. The Bertz CT molecular complexity index is 1230. The lowest BCUT2D eigenvalue weighted by Gasteiger charge is -2.09. The van der Waals surface area contributed by atoms with Crippen LogP contribution in [0.4, 0.5) is 0 Å². The van der Waals surface area contributed by atoms with Gasteiger partial charge in [-0.3, -0.25) is 24.8 Å². The molecule has 3 aromatic heterocycles. The highest BCUT2D eigenvalue weighted by molar-refractivity contribution is 5.96. The molecule has 0 fully saturated rings. The number of benzene rings is 1. The van der Waals surface area contributed by atoms with Gasteiger partial charge in [0.05, 0.1) is 29.8 Å². The lowest BCUT2D eigenvalue weighted by molar-refractivity contribution is 0.0950. The zero-order valence-electron chi connectivity index (χ0n) is 18.5. The van der Waals surface area contributed by atoms with Crippen molar-refractivity contribution in [3.8, 4) is 22.6 Å². The van der Waals surface area contributed by atoms with Crippen LogP contribution in [0.5, 0.6) is 0 Å². The van der Waals surface area contributed by atoms with E-state index in [1.54, 1.807) is 18.5 Å². The molecule has 8 heteroatoms. The number of hydrogen-bond donors (Lipinski definition) is 2. The first-order valence-corrected chi connectivity index (χ1v) is 10.5. The number of amides is 1. The second-order valence-corrected chi connectivity index (χ2v) is 8.05. The van der Waals surface area contributed by atoms with E-state index >= 15 is 0 Å². The fraction of sp³-hybridized carbons (Fsp3) is 0.250. The minimum Gasteiger partial charge on any atom is -0.346 e. The average Bonchev–Trinajstić information content (AvgIpc) is 3.29. The summed E-state index contributed by atoms with van der Waals surface area (Å²) < 4.78 is 0. The summed E-state index contributed by atoms with van der Waals surface area (Å²) in [5, 5.41) is 10.2. The van der Waals surface area contributed by atoms with Crippen LogP contribution in [0.15, 0.2) is 48.9 Å². The number of H-pyrrole nitrogens is 1. The van der Waals surface area contributed by atoms with Gasteiger partial charge in [0.2, 0.25) is 0 Å². The second-order valence-electron chi connectivity index (χ2n) is 8.05. The van der Waals surface area contributed by atoms with E-state index in [1.807, 2.05) is 58.2 Å². The van der Waals surface area contributed by atoms with Crippen molar-refractivity contribution in [2.75, 3.05) is 0 Å². The van der Waals surface area contributed by atoms with Crippen LogP contribution in [0, 0.1) is 13.8 Å². The molecular weight excluding hydrogens is 402 g/mol. The van der Waals surface area contributed by atoms with Gasteiger partial charge in [-0.05, 0) is 43.7 Å². The third kappa shape index (κ3) is 4.85. The molecule has 4 rings (SSSR count).